The first-order valence-corrected chi connectivity index (χ1v) is 8.38. The number of non-ortho nitro benzene ring substituents is 1. The fourth-order valence-corrected chi connectivity index (χ4v) is 2.32. The van der Waals surface area contributed by atoms with E-state index in [1.165, 1.54) is 18.3 Å². The number of ether oxygens (including phenoxy) is 1. The van der Waals surface area contributed by atoms with Crippen LogP contribution in [-0.2, 0) is 11.4 Å². The largest absolute Gasteiger partial charge is 0.423 e. The van der Waals surface area contributed by atoms with Gasteiger partial charge in [-0.15, -0.1) is 0 Å². The molecule has 0 atom stereocenters. The lowest BCUT2D eigenvalue weighted by molar-refractivity contribution is -0.384. The van der Waals surface area contributed by atoms with Gasteiger partial charge in [-0.05, 0) is 29.8 Å². The Morgan fingerprint density at radius 3 is 2.46 bits per heavy atom. The Hall–Kier alpha value is -4.00. The Bertz CT molecular complexity index is 985. The molecule has 0 aromatic heterocycles. The second-order valence-electron chi connectivity index (χ2n) is 5.76. The highest BCUT2D eigenvalue weighted by Crippen LogP contribution is 2.14. The molecule has 0 N–H and O–H groups in total. The van der Waals surface area contributed by atoms with Gasteiger partial charge in [-0.2, -0.15) is 0 Å². The number of nitrogens with zero attached hydrogens (tertiary/aromatic N) is 2. The number of nitro benzene ring substituents is 1. The van der Waals surface area contributed by atoms with Crippen molar-refractivity contribution in [3.05, 3.63) is 106 Å². The highest BCUT2D eigenvalue weighted by Gasteiger charge is 2.08. The standard InChI is InChI=1S/C21H16N2O5/c24-21(28-20-7-2-1-3-8-20)18-11-9-16(10-12-18)15-27-22-14-17-5-4-6-19(13-17)23(25)26/h1-14H,15H2/b22-14-. The van der Waals surface area contributed by atoms with E-state index in [-0.39, 0.29) is 12.3 Å². The van der Waals surface area contributed by atoms with Crippen molar-refractivity contribution in [2.75, 3.05) is 0 Å². The maximum absolute atomic E-state index is 12.1. The lowest BCUT2D eigenvalue weighted by atomic mass is 10.1. The lowest BCUT2D eigenvalue weighted by Crippen LogP contribution is -2.08. The number of carbonyl (C=O) groups is 1. The van der Waals surface area contributed by atoms with Crippen LogP contribution in [0.25, 0.3) is 0 Å². The van der Waals surface area contributed by atoms with Crippen LogP contribution in [0, 0.1) is 10.1 Å². The third-order valence-corrected chi connectivity index (χ3v) is 3.73. The summed E-state index contributed by atoms with van der Waals surface area (Å²) in [5.41, 5.74) is 1.79. The molecule has 0 fully saturated rings. The average molecular weight is 376 g/mol. The highest BCUT2D eigenvalue weighted by atomic mass is 16.6. The van der Waals surface area contributed by atoms with E-state index in [0.717, 1.165) is 5.56 Å². The van der Waals surface area contributed by atoms with Gasteiger partial charge in [-0.1, -0.05) is 47.6 Å². The number of nitro groups is 1. The Balaban J connectivity index is 1.52. The third kappa shape index (κ3) is 5.25. The second-order valence-corrected chi connectivity index (χ2v) is 5.76. The van der Waals surface area contributed by atoms with Crippen molar-refractivity contribution in [2.24, 2.45) is 5.16 Å². The molecule has 0 unspecified atom stereocenters. The van der Waals surface area contributed by atoms with Gasteiger partial charge in [-0.3, -0.25) is 10.1 Å². The molecule has 0 aliphatic carbocycles. The van der Waals surface area contributed by atoms with Crippen LogP contribution in [0.5, 0.6) is 5.75 Å². The molecule has 0 spiro atoms. The molecule has 0 aliphatic rings. The molecule has 7 heteroatoms. The first kappa shape index (κ1) is 18.8. The second kappa shape index (κ2) is 9.09. The Morgan fingerprint density at radius 2 is 1.75 bits per heavy atom. The van der Waals surface area contributed by atoms with E-state index in [1.54, 1.807) is 60.7 Å². The first-order valence-electron chi connectivity index (χ1n) is 8.38. The monoisotopic (exact) mass is 376 g/mol. The molecular formula is C21H16N2O5. The minimum Gasteiger partial charge on any atom is -0.423 e. The summed E-state index contributed by atoms with van der Waals surface area (Å²) in [6, 6.07) is 21.7. The number of hydrogen-bond acceptors (Lipinski definition) is 6. The quantitative estimate of drug-likeness (QED) is 0.201. The summed E-state index contributed by atoms with van der Waals surface area (Å²) in [6.45, 7) is 0.194. The van der Waals surface area contributed by atoms with Crippen LogP contribution in [0.1, 0.15) is 21.5 Å². The summed E-state index contributed by atoms with van der Waals surface area (Å²) in [6.07, 6.45) is 1.40. The number of para-hydroxylation sites is 1. The number of esters is 1. The smallest absolute Gasteiger partial charge is 0.343 e. The van der Waals surface area contributed by atoms with Gasteiger partial charge in [0.05, 0.1) is 16.7 Å². The van der Waals surface area contributed by atoms with Crippen LogP contribution >= 0.6 is 0 Å². The number of hydrogen-bond donors (Lipinski definition) is 0. The molecule has 140 valence electrons. The van der Waals surface area contributed by atoms with Gasteiger partial charge >= 0.3 is 5.97 Å². The molecule has 0 aliphatic heterocycles. The van der Waals surface area contributed by atoms with Gasteiger partial charge in [0, 0.05) is 17.7 Å². The van der Waals surface area contributed by atoms with E-state index >= 15 is 0 Å². The first-order chi connectivity index (χ1) is 13.6. The minimum atomic E-state index is -0.470. The number of carbonyl (C=O) groups excluding carboxylic acids is 1. The highest BCUT2D eigenvalue weighted by molar-refractivity contribution is 5.91. The van der Waals surface area contributed by atoms with E-state index < -0.39 is 10.9 Å². The van der Waals surface area contributed by atoms with Crippen molar-refractivity contribution < 1.29 is 19.3 Å². The van der Waals surface area contributed by atoms with E-state index in [0.29, 0.717) is 16.9 Å². The molecule has 0 heterocycles. The lowest BCUT2D eigenvalue weighted by Gasteiger charge is -2.05. The van der Waals surface area contributed by atoms with E-state index in [9.17, 15) is 14.9 Å². The normalized spacial score (nSPS) is 10.6. The van der Waals surface area contributed by atoms with Crippen molar-refractivity contribution in [1.29, 1.82) is 0 Å². The van der Waals surface area contributed by atoms with E-state index in [2.05, 4.69) is 5.16 Å². The average Bonchev–Trinajstić information content (AvgIpc) is 2.72. The molecule has 3 aromatic carbocycles. The Morgan fingerprint density at radius 1 is 1.00 bits per heavy atom. The van der Waals surface area contributed by atoms with E-state index in [1.807, 2.05) is 6.07 Å². The predicted octanol–water partition coefficient (Wildman–Crippen LogP) is 4.36. The zero-order valence-electron chi connectivity index (χ0n) is 14.7. The summed E-state index contributed by atoms with van der Waals surface area (Å²) in [7, 11) is 0. The van der Waals surface area contributed by atoms with Crippen LogP contribution in [0.3, 0.4) is 0 Å². The summed E-state index contributed by atoms with van der Waals surface area (Å²) in [4.78, 5) is 27.6. The number of benzene rings is 3. The fourth-order valence-electron chi connectivity index (χ4n) is 2.32. The summed E-state index contributed by atoms with van der Waals surface area (Å²) in [5, 5.41) is 14.6. The van der Waals surface area contributed by atoms with Gasteiger partial charge in [0.2, 0.25) is 0 Å². The molecule has 3 rings (SSSR count). The van der Waals surface area contributed by atoms with Gasteiger partial charge in [-0.25, -0.2) is 4.79 Å². The fraction of sp³-hybridized carbons (Fsp3) is 0.0476. The summed E-state index contributed by atoms with van der Waals surface area (Å²) < 4.78 is 5.27. The minimum absolute atomic E-state index is 0.0121. The number of oxime groups is 1. The molecule has 0 amide bonds. The third-order valence-electron chi connectivity index (χ3n) is 3.73. The molecule has 28 heavy (non-hydrogen) atoms. The van der Waals surface area contributed by atoms with E-state index in [4.69, 9.17) is 9.57 Å². The van der Waals surface area contributed by atoms with Gasteiger partial charge in [0.15, 0.2) is 0 Å². The zero-order valence-corrected chi connectivity index (χ0v) is 14.7. The topological polar surface area (TPSA) is 91.0 Å². The Labute approximate surface area is 161 Å². The Kier molecular flexibility index (Phi) is 6.10. The van der Waals surface area contributed by atoms with Crippen LogP contribution in [0.15, 0.2) is 84.0 Å². The van der Waals surface area contributed by atoms with Gasteiger partial charge in [0.1, 0.15) is 12.4 Å². The summed E-state index contributed by atoms with van der Waals surface area (Å²) in [5.74, 6) is 0.0396. The maximum Gasteiger partial charge on any atom is 0.343 e. The molecule has 3 aromatic rings. The molecule has 0 saturated heterocycles. The van der Waals surface area contributed by atoms with Crippen molar-refractivity contribution in [3.63, 3.8) is 0 Å². The van der Waals surface area contributed by atoms with Crippen molar-refractivity contribution >= 4 is 17.9 Å². The molecule has 0 bridgehead atoms. The van der Waals surface area contributed by atoms with Crippen LogP contribution in [0.2, 0.25) is 0 Å². The molecule has 7 nitrogen and oxygen atoms in total. The molecular weight excluding hydrogens is 360 g/mol. The summed E-state index contributed by atoms with van der Waals surface area (Å²) >= 11 is 0. The molecule has 0 saturated carbocycles. The SMILES string of the molecule is O=C(Oc1ccccc1)c1ccc(CO/N=C\c2cccc([N+](=O)[O-])c2)cc1. The van der Waals surface area contributed by atoms with Crippen molar-refractivity contribution in [1.82, 2.24) is 0 Å². The molecule has 0 radical (unpaired) electrons. The van der Waals surface area contributed by atoms with Gasteiger partial charge < -0.3 is 9.57 Å². The van der Waals surface area contributed by atoms with Crippen LogP contribution in [-0.4, -0.2) is 17.1 Å². The maximum atomic E-state index is 12.1. The van der Waals surface area contributed by atoms with Crippen molar-refractivity contribution in [2.45, 2.75) is 6.61 Å². The van der Waals surface area contributed by atoms with Crippen molar-refractivity contribution in [3.8, 4) is 5.75 Å². The van der Waals surface area contributed by atoms with Gasteiger partial charge in [0.25, 0.3) is 5.69 Å². The van der Waals surface area contributed by atoms with Crippen LogP contribution in [0.4, 0.5) is 5.69 Å². The zero-order chi connectivity index (χ0) is 19.8. The number of rotatable bonds is 7. The van der Waals surface area contributed by atoms with Crippen LogP contribution < -0.4 is 4.74 Å². The predicted molar refractivity (Wildman–Crippen MR) is 103 cm³/mol.